The number of nitrogens with zero attached hydrogens (tertiary/aromatic N) is 4. The quantitative estimate of drug-likeness (QED) is 0.477. The minimum Gasteiger partial charge on any atom is -0.353 e. The van der Waals surface area contributed by atoms with Crippen molar-refractivity contribution in [1.82, 2.24) is 0 Å². The van der Waals surface area contributed by atoms with E-state index in [-0.39, 0.29) is 12.3 Å². The summed E-state index contributed by atoms with van der Waals surface area (Å²) in [5, 5.41) is 0. The first kappa shape index (κ1) is 19.8. The monoisotopic (exact) mass is 412 g/mol. The van der Waals surface area contributed by atoms with Crippen molar-refractivity contribution in [2.24, 2.45) is 0 Å². The zero-order chi connectivity index (χ0) is 22.0. The Labute approximate surface area is 186 Å². The van der Waals surface area contributed by atoms with Gasteiger partial charge in [0, 0.05) is 14.1 Å². The predicted molar refractivity (Wildman–Crippen MR) is 134 cm³/mol. The Morgan fingerprint density at radius 2 is 0.935 bits per heavy atom. The summed E-state index contributed by atoms with van der Waals surface area (Å²) in [5.41, 5.74) is 11.8. The molecule has 3 aromatic rings. The highest BCUT2D eigenvalue weighted by atomic mass is 15.4. The summed E-state index contributed by atoms with van der Waals surface area (Å²) >= 11 is 0. The fourth-order valence-corrected chi connectivity index (χ4v) is 5.60. The summed E-state index contributed by atoms with van der Waals surface area (Å²) in [4.78, 5) is 9.77. The second-order valence-corrected chi connectivity index (χ2v) is 9.04. The molecule has 0 bridgehead atoms. The third kappa shape index (κ3) is 2.67. The highest BCUT2D eigenvalue weighted by Gasteiger charge is 2.37. The lowest BCUT2D eigenvalue weighted by molar-refractivity contribution is 0.723. The lowest BCUT2D eigenvalue weighted by Crippen LogP contribution is -2.38. The van der Waals surface area contributed by atoms with Gasteiger partial charge in [-0.2, -0.15) is 0 Å². The molecule has 2 heterocycles. The van der Waals surface area contributed by atoms with E-state index in [1.165, 1.54) is 50.8 Å². The van der Waals surface area contributed by atoms with E-state index >= 15 is 0 Å². The summed E-state index contributed by atoms with van der Waals surface area (Å²) in [6, 6.07) is 19.8. The standard InChI is InChI=1S/C27H32N4/c1-17-16-18(2)27(31-21(5)29(7)23-13-9-11-15-25(23)31)19(3)26(17)30-20(4)28(6)22-12-8-10-14-24(22)30/h8-16,20-21H,1-7H3/t20-,21+. The fraction of sp³-hybridized carbons (Fsp3) is 0.333. The van der Waals surface area contributed by atoms with E-state index in [9.17, 15) is 0 Å². The van der Waals surface area contributed by atoms with Gasteiger partial charge in [0.15, 0.2) is 0 Å². The van der Waals surface area contributed by atoms with Crippen LogP contribution in [0.2, 0.25) is 0 Å². The van der Waals surface area contributed by atoms with Crippen LogP contribution in [0.5, 0.6) is 0 Å². The number of benzene rings is 3. The van der Waals surface area contributed by atoms with E-state index in [1.807, 2.05) is 0 Å². The highest BCUT2D eigenvalue weighted by Crippen LogP contribution is 2.51. The molecule has 5 rings (SSSR count). The second-order valence-electron chi connectivity index (χ2n) is 9.04. The molecule has 0 aromatic heterocycles. The number of aryl methyl sites for hydroxylation is 2. The smallest absolute Gasteiger partial charge is 0.103 e. The van der Waals surface area contributed by atoms with Gasteiger partial charge < -0.3 is 19.6 Å². The van der Waals surface area contributed by atoms with Crippen molar-refractivity contribution in [2.75, 3.05) is 33.7 Å². The van der Waals surface area contributed by atoms with Gasteiger partial charge in [-0.25, -0.2) is 0 Å². The van der Waals surface area contributed by atoms with Crippen molar-refractivity contribution >= 4 is 34.1 Å². The third-order valence-electron chi connectivity index (χ3n) is 7.28. The van der Waals surface area contributed by atoms with Crippen molar-refractivity contribution in [2.45, 2.75) is 47.0 Å². The molecule has 0 saturated heterocycles. The summed E-state index contributed by atoms with van der Waals surface area (Å²) < 4.78 is 0. The normalized spacial score (nSPS) is 19.8. The maximum atomic E-state index is 2.51. The first-order chi connectivity index (χ1) is 14.8. The van der Waals surface area contributed by atoms with E-state index in [4.69, 9.17) is 0 Å². The first-order valence-electron chi connectivity index (χ1n) is 11.2. The molecule has 0 radical (unpaired) electrons. The molecule has 0 saturated carbocycles. The molecule has 0 spiro atoms. The molecule has 4 heteroatoms. The largest absolute Gasteiger partial charge is 0.353 e. The van der Waals surface area contributed by atoms with Gasteiger partial charge in [0.05, 0.1) is 34.1 Å². The van der Waals surface area contributed by atoms with E-state index < -0.39 is 0 Å². The van der Waals surface area contributed by atoms with Crippen LogP contribution in [0.3, 0.4) is 0 Å². The molecule has 2 aliphatic heterocycles. The number of para-hydroxylation sites is 4. The van der Waals surface area contributed by atoms with E-state index in [0.29, 0.717) is 0 Å². The Morgan fingerprint density at radius 3 is 1.32 bits per heavy atom. The second kappa shape index (κ2) is 6.94. The van der Waals surface area contributed by atoms with Crippen molar-refractivity contribution in [3.8, 4) is 0 Å². The average molecular weight is 413 g/mol. The predicted octanol–water partition coefficient (Wildman–Crippen LogP) is 6.48. The van der Waals surface area contributed by atoms with Crippen LogP contribution in [0, 0.1) is 20.8 Å². The van der Waals surface area contributed by atoms with Crippen LogP contribution in [-0.4, -0.2) is 26.4 Å². The topological polar surface area (TPSA) is 13.0 Å². The molecule has 0 aliphatic carbocycles. The van der Waals surface area contributed by atoms with Crippen molar-refractivity contribution in [3.63, 3.8) is 0 Å². The van der Waals surface area contributed by atoms with Crippen molar-refractivity contribution in [3.05, 3.63) is 71.3 Å². The van der Waals surface area contributed by atoms with E-state index in [0.717, 1.165) is 0 Å². The van der Waals surface area contributed by atoms with Crippen LogP contribution in [0.25, 0.3) is 0 Å². The molecule has 160 valence electrons. The molecule has 2 atom stereocenters. The van der Waals surface area contributed by atoms with E-state index in [2.05, 4.69) is 123 Å². The van der Waals surface area contributed by atoms with Gasteiger partial charge in [0.1, 0.15) is 12.3 Å². The molecular weight excluding hydrogens is 380 g/mol. The molecular formula is C27H32N4. The fourth-order valence-electron chi connectivity index (χ4n) is 5.60. The number of hydrogen-bond donors (Lipinski definition) is 0. The Hall–Kier alpha value is -3.14. The number of anilines is 6. The third-order valence-corrected chi connectivity index (χ3v) is 7.28. The Bertz CT molecular complexity index is 1080. The lowest BCUT2D eigenvalue weighted by Gasteiger charge is -2.35. The molecule has 4 nitrogen and oxygen atoms in total. The average Bonchev–Trinajstić information content (AvgIpc) is 3.15. The minimum absolute atomic E-state index is 0.260. The SMILES string of the molecule is Cc1cc(C)c(N2c3ccccc3N(C)[C@@H]2C)c(C)c1N1c2ccccc2N(C)[C@H]1C. The minimum atomic E-state index is 0.260. The van der Waals surface area contributed by atoms with Crippen LogP contribution < -0.4 is 19.6 Å². The summed E-state index contributed by atoms with van der Waals surface area (Å²) in [6.45, 7) is 11.4. The van der Waals surface area contributed by atoms with Crippen LogP contribution in [0.1, 0.15) is 30.5 Å². The molecule has 0 amide bonds. The highest BCUT2D eigenvalue weighted by molar-refractivity contribution is 5.91. The van der Waals surface area contributed by atoms with Crippen LogP contribution in [0.15, 0.2) is 54.6 Å². The Morgan fingerprint density at radius 1 is 0.581 bits per heavy atom. The van der Waals surface area contributed by atoms with Gasteiger partial charge in [-0.15, -0.1) is 0 Å². The summed E-state index contributed by atoms with van der Waals surface area (Å²) in [6.07, 6.45) is 0.521. The molecule has 0 N–H and O–H groups in total. The summed E-state index contributed by atoms with van der Waals surface area (Å²) in [7, 11) is 4.38. The van der Waals surface area contributed by atoms with Gasteiger partial charge in [0.25, 0.3) is 0 Å². The zero-order valence-electron chi connectivity index (χ0n) is 19.6. The Balaban J connectivity index is 1.73. The van der Waals surface area contributed by atoms with Crippen LogP contribution >= 0.6 is 0 Å². The molecule has 0 unspecified atom stereocenters. The van der Waals surface area contributed by atoms with Gasteiger partial charge >= 0.3 is 0 Å². The maximum Gasteiger partial charge on any atom is 0.103 e. The molecule has 31 heavy (non-hydrogen) atoms. The van der Waals surface area contributed by atoms with Gasteiger partial charge in [-0.1, -0.05) is 30.3 Å². The lowest BCUT2D eigenvalue weighted by atomic mass is 9.98. The number of hydrogen-bond acceptors (Lipinski definition) is 4. The molecule has 0 fully saturated rings. The van der Waals surface area contributed by atoms with Gasteiger partial charge in [-0.3, -0.25) is 0 Å². The van der Waals surface area contributed by atoms with E-state index in [1.54, 1.807) is 0 Å². The Kier molecular flexibility index (Phi) is 4.44. The molecule has 2 aliphatic rings. The zero-order valence-corrected chi connectivity index (χ0v) is 19.6. The van der Waals surface area contributed by atoms with Crippen LogP contribution in [-0.2, 0) is 0 Å². The van der Waals surface area contributed by atoms with Crippen LogP contribution in [0.4, 0.5) is 34.1 Å². The van der Waals surface area contributed by atoms with Gasteiger partial charge in [0.2, 0.25) is 0 Å². The number of fused-ring (bicyclic) bond motifs is 2. The first-order valence-corrected chi connectivity index (χ1v) is 11.2. The number of rotatable bonds is 2. The van der Waals surface area contributed by atoms with Crippen molar-refractivity contribution < 1.29 is 0 Å². The molecule has 3 aromatic carbocycles. The maximum absolute atomic E-state index is 2.51. The summed E-state index contributed by atoms with van der Waals surface area (Å²) in [5.74, 6) is 0. The van der Waals surface area contributed by atoms with Crippen molar-refractivity contribution in [1.29, 1.82) is 0 Å². The van der Waals surface area contributed by atoms with Gasteiger partial charge in [-0.05, 0) is 75.6 Å².